The van der Waals surface area contributed by atoms with Gasteiger partial charge in [0.2, 0.25) is 0 Å². The molecular weight excluding hydrogens is 395 g/mol. The first kappa shape index (κ1) is 18.9. The number of nitro groups is 2. The van der Waals surface area contributed by atoms with Crippen LogP contribution in [-0.4, -0.2) is 15.6 Å². The van der Waals surface area contributed by atoms with Crippen LogP contribution < -0.4 is 5.43 Å². The zero-order valence-corrected chi connectivity index (χ0v) is 14.8. The molecule has 0 radical (unpaired) electrons. The van der Waals surface area contributed by atoms with Crippen LogP contribution in [0.5, 0.6) is 0 Å². The van der Waals surface area contributed by atoms with Gasteiger partial charge in [0, 0.05) is 11.6 Å². The summed E-state index contributed by atoms with van der Waals surface area (Å²) in [5.41, 5.74) is 2.49. The van der Waals surface area contributed by atoms with Gasteiger partial charge in [0.25, 0.3) is 5.69 Å². The van der Waals surface area contributed by atoms with E-state index in [0.717, 1.165) is 12.1 Å². The molecule has 0 unspecified atom stereocenters. The van der Waals surface area contributed by atoms with Crippen LogP contribution in [-0.2, 0) is 0 Å². The Morgan fingerprint density at radius 2 is 1.72 bits per heavy atom. The van der Waals surface area contributed by atoms with Crippen LogP contribution in [0, 0.1) is 20.2 Å². The lowest BCUT2D eigenvalue weighted by molar-refractivity contribution is -0.393. The van der Waals surface area contributed by atoms with E-state index in [1.54, 1.807) is 19.1 Å². The van der Waals surface area contributed by atoms with Crippen molar-refractivity contribution in [2.45, 2.75) is 6.92 Å². The maximum atomic E-state index is 11.1. The first-order chi connectivity index (χ1) is 11.7. The molecule has 8 nitrogen and oxygen atoms in total. The molecule has 0 amide bonds. The second-order valence-corrected chi connectivity index (χ2v) is 5.91. The van der Waals surface area contributed by atoms with E-state index in [0.29, 0.717) is 11.3 Å². The molecule has 0 aliphatic rings. The average Bonchev–Trinajstić information content (AvgIpc) is 2.57. The highest BCUT2D eigenvalue weighted by atomic mass is 35.5. The fourth-order valence-electron chi connectivity index (χ4n) is 1.89. The molecule has 130 valence electrons. The summed E-state index contributed by atoms with van der Waals surface area (Å²) in [7, 11) is 0. The minimum atomic E-state index is -0.744. The summed E-state index contributed by atoms with van der Waals surface area (Å²) >= 11 is 17.9. The lowest BCUT2D eigenvalue weighted by atomic mass is 10.1. The zero-order valence-electron chi connectivity index (χ0n) is 12.5. The molecule has 11 heteroatoms. The van der Waals surface area contributed by atoms with E-state index in [1.165, 1.54) is 6.07 Å². The van der Waals surface area contributed by atoms with E-state index in [-0.39, 0.29) is 20.8 Å². The number of rotatable bonds is 5. The maximum Gasteiger partial charge on any atom is 0.301 e. The van der Waals surface area contributed by atoms with Crippen LogP contribution >= 0.6 is 34.8 Å². The van der Waals surface area contributed by atoms with Crippen LogP contribution in [0.4, 0.5) is 17.1 Å². The molecule has 25 heavy (non-hydrogen) atoms. The molecule has 1 N–H and O–H groups in total. The summed E-state index contributed by atoms with van der Waals surface area (Å²) in [6.07, 6.45) is 0. The fraction of sp³-hybridized carbons (Fsp3) is 0.0714. The number of benzene rings is 2. The Labute approximate surface area is 156 Å². The lowest BCUT2D eigenvalue weighted by Crippen LogP contribution is -2.03. The largest absolute Gasteiger partial charge is 0.301 e. The van der Waals surface area contributed by atoms with Gasteiger partial charge in [-0.15, -0.1) is 0 Å². The third-order valence-electron chi connectivity index (χ3n) is 3.16. The number of non-ortho nitro benzene ring substituents is 1. The van der Waals surface area contributed by atoms with Gasteiger partial charge in [0.15, 0.2) is 0 Å². The summed E-state index contributed by atoms with van der Waals surface area (Å²) in [6.45, 7) is 1.61. The monoisotopic (exact) mass is 402 g/mol. The Bertz CT molecular complexity index is 902. The number of hydrogen-bond donors (Lipinski definition) is 1. The van der Waals surface area contributed by atoms with Gasteiger partial charge in [-0.3, -0.25) is 25.7 Å². The smallest absolute Gasteiger partial charge is 0.271 e. The summed E-state index contributed by atoms with van der Waals surface area (Å²) in [4.78, 5) is 20.4. The topological polar surface area (TPSA) is 111 Å². The van der Waals surface area contributed by atoms with Gasteiger partial charge in [-0.2, -0.15) is 5.10 Å². The second kappa shape index (κ2) is 7.64. The molecule has 2 aromatic carbocycles. The Morgan fingerprint density at radius 3 is 2.32 bits per heavy atom. The lowest BCUT2D eigenvalue weighted by Gasteiger charge is -2.08. The third kappa shape index (κ3) is 4.16. The Hall–Kier alpha value is -2.42. The standard InChI is InChI=1S/C14H9Cl3N4O4/c1-7(9-3-4-10(15)14(17)13(9)16)18-19-11-5-2-8(20(22)23)6-12(11)21(24)25/h2-6,19H,1H3/b18-7-. The molecule has 0 atom stereocenters. The van der Waals surface area contributed by atoms with Gasteiger partial charge in [-0.05, 0) is 19.1 Å². The highest BCUT2D eigenvalue weighted by Crippen LogP contribution is 2.33. The minimum absolute atomic E-state index is 0.00821. The van der Waals surface area contributed by atoms with Gasteiger partial charge in [-0.25, -0.2) is 0 Å². The SMILES string of the molecule is C/C(=N/Nc1ccc([N+](=O)[O-])cc1[N+](=O)[O-])c1ccc(Cl)c(Cl)c1Cl. The van der Waals surface area contributed by atoms with Gasteiger partial charge < -0.3 is 0 Å². The first-order valence-electron chi connectivity index (χ1n) is 6.59. The second-order valence-electron chi connectivity index (χ2n) is 4.75. The van der Waals surface area contributed by atoms with Crippen molar-refractivity contribution in [3.63, 3.8) is 0 Å². The van der Waals surface area contributed by atoms with E-state index < -0.39 is 21.2 Å². The number of hydrogen-bond acceptors (Lipinski definition) is 6. The molecule has 0 aromatic heterocycles. The van der Waals surface area contributed by atoms with Crippen molar-refractivity contribution in [1.82, 2.24) is 0 Å². The van der Waals surface area contributed by atoms with Crippen molar-refractivity contribution in [1.29, 1.82) is 0 Å². The summed E-state index contributed by atoms with van der Waals surface area (Å²) in [5.74, 6) is 0. The Balaban J connectivity index is 2.37. The van der Waals surface area contributed by atoms with Crippen LogP contribution in [0.2, 0.25) is 15.1 Å². The van der Waals surface area contributed by atoms with Crippen molar-refractivity contribution in [2.24, 2.45) is 5.10 Å². The minimum Gasteiger partial charge on any atom is -0.271 e. The molecule has 0 saturated heterocycles. The predicted octanol–water partition coefficient (Wildman–Crippen LogP) is 5.30. The molecule has 0 fully saturated rings. The van der Waals surface area contributed by atoms with Crippen LogP contribution in [0.15, 0.2) is 35.4 Å². The van der Waals surface area contributed by atoms with E-state index >= 15 is 0 Å². The van der Waals surface area contributed by atoms with E-state index in [2.05, 4.69) is 10.5 Å². The van der Waals surface area contributed by atoms with Gasteiger partial charge >= 0.3 is 5.69 Å². The molecule has 0 saturated carbocycles. The Kier molecular flexibility index (Phi) is 5.78. The quantitative estimate of drug-likeness (QED) is 0.315. The van der Waals surface area contributed by atoms with Crippen molar-refractivity contribution in [3.8, 4) is 0 Å². The van der Waals surface area contributed by atoms with Crippen molar-refractivity contribution in [2.75, 3.05) is 5.43 Å². The molecule has 0 bridgehead atoms. The Morgan fingerprint density at radius 1 is 1.04 bits per heavy atom. The van der Waals surface area contributed by atoms with E-state index in [4.69, 9.17) is 34.8 Å². The molecule has 0 aliphatic carbocycles. The zero-order chi connectivity index (χ0) is 18.7. The predicted molar refractivity (Wildman–Crippen MR) is 97.1 cm³/mol. The van der Waals surface area contributed by atoms with E-state index in [9.17, 15) is 20.2 Å². The van der Waals surface area contributed by atoms with Crippen LogP contribution in [0.25, 0.3) is 0 Å². The van der Waals surface area contributed by atoms with Crippen LogP contribution in [0.3, 0.4) is 0 Å². The number of nitro benzene ring substituents is 2. The fourth-order valence-corrected chi connectivity index (χ4v) is 2.56. The van der Waals surface area contributed by atoms with Gasteiger partial charge in [0.05, 0.1) is 36.7 Å². The number of nitrogens with one attached hydrogen (secondary N) is 1. The molecule has 0 heterocycles. The summed E-state index contributed by atoms with van der Waals surface area (Å²) in [5, 5.41) is 26.5. The normalized spacial score (nSPS) is 11.3. The summed E-state index contributed by atoms with van der Waals surface area (Å²) < 4.78 is 0. The number of hydrazone groups is 1. The molecule has 2 rings (SSSR count). The molecule has 0 spiro atoms. The maximum absolute atomic E-state index is 11.1. The first-order valence-corrected chi connectivity index (χ1v) is 7.72. The van der Waals surface area contributed by atoms with Crippen molar-refractivity contribution in [3.05, 3.63) is 71.2 Å². The van der Waals surface area contributed by atoms with E-state index in [1.807, 2.05) is 0 Å². The molecular formula is C14H9Cl3N4O4. The summed E-state index contributed by atoms with van der Waals surface area (Å²) in [6, 6.07) is 6.31. The van der Waals surface area contributed by atoms with Gasteiger partial charge in [-0.1, -0.05) is 40.9 Å². The van der Waals surface area contributed by atoms with Crippen molar-refractivity contribution >= 4 is 57.6 Å². The number of anilines is 1. The van der Waals surface area contributed by atoms with Gasteiger partial charge in [0.1, 0.15) is 5.69 Å². The third-order valence-corrected chi connectivity index (χ3v) is 4.45. The average molecular weight is 404 g/mol. The number of nitrogens with zero attached hydrogens (tertiary/aromatic N) is 3. The van der Waals surface area contributed by atoms with Crippen LogP contribution in [0.1, 0.15) is 12.5 Å². The highest BCUT2D eigenvalue weighted by Gasteiger charge is 2.19. The number of halogens is 3. The molecule has 0 aliphatic heterocycles. The molecule has 2 aromatic rings. The van der Waals surface area contributed by atoms with Crippen molar-refractivity contribution < 1.29 is 9.85 Å². The highest BCUT2D eigenvalue weighted by molar-refractivity contribution is 6.49.